The van der Waals surface area contributed by atoms with E-state index in [-0.39, 0.29) is 41.5 Å². The summed E-state index contributed by atoms with van der Waals surface area (Å²) in [5, 5.41) is 13.1. The van der Waals surface area contributed by atoms with Crippen LogP contribution in [0.4, 0.5) is 11.4 Å². The smallest absolute Gasteiger partial charge is 0.196 e. The molecule has 6 nitrogen and oxygen atoms in total. The Morgan fingerprint density at radius 1 is 1.15 bits per heavy atom. The van der Waals surface area contributed by atoms with Gasteiger partial charge in [-0.15, -0.1) is 0 Å². The number of nitrogens with one attached hydrogen (secondary N) is 1. The van der Waals surface area contributed by atoms with Crippen molar-refractivity contribution >= 4 is 22.9 Å². The van der Waals surface area contributed by atoms with E-state index in [9.17, 15) is 14.7 Å². The second-order valence-electron chi connectivity index (χ2n) is 6.66. The highest BCUT2D eigenvalue weighted by Gasteiger charge is 2.33. The summed E-state index contributed by atoms with van der Waals surface area (Å²) in [5.41, 5.74) is 8.74. The number of aliphatic hydroxyl groups is 1. The fourth-order valence-corrected chi connectivity index (χ4v) is 3.05. The molecule has 2 aromatic rings. The van der Waals surface area contributed by atoms with Gasteiger partial charge in [-0.3, -0.25) is 9.59 Å². The maximum atomic E-state index is 13.0. The van der Waals surface area contributed by atoms with Crippen LogP contribution in [0, 0.1) is 0 Å². The summed E-state index contributed by atoms with van der Waals surface area (Å²) in [6, 6.07) is 9.93. The van der Waals surface area contributed by atoms with Gasteiger partial charge in [0.15, 0.2) is 11.6 Å². The van der Waals surface area contributed by atoms with Crippen molar-refractivity contribution in [2.45, 2.75) is 13.0 Å². The minimum Gasteiger partial charge on any atom is -0.398 e. The van der Waals surface area contributed by atoms with Gasteiger partial charge in [-0.2, -0.15) is 0 Å². The van der Waals surface area contributed by atoms with Crippen molar-refractivity contribution in [1.29, 1.82) is 0 Å². The number of carbonyl (C=O) groups is 2. The lowest BCUT2D eigenvalue weighted by Gasteiger charge is -2.23. The topological polar surface area (TPSA) is 102 Å². The van der Waals surface area contributed by atoms with Crippen molar-refractivity contribution in [2.24, 2.45) is 0 Å². The molecule has 2 aromatic carbocycles. The van der Waals surface area contributed by atoms with Crippen LogP contribution in [0.3, 0.4) is 0 Å². The molecule has 0 bridgehead atoms. The molecule has 0 aromatic heterocycles. The number of anilines is 2. The van der Waals surface area contributed by atoms with Crippen LogP contribution in [-0.2, 0) is 4.74 Å². The van der Waals surface area contributed by atoms with Gasteiger partial charge in [-0.05, 0) is 19.1 Å². The van der Waals surface area contributed by atoms with Gasteiger partial charge < -0.3 is 20.9 Å². The molecular formula is C21H22N2O4. The molecule has 0 fully saturated rings. The minimum atomic E-state index is -0.778. The zero-order valence-electron chi connectivity index (χ0n) is 15.1. The van der Waals surface area contributed by atoms with E-state index in [0.717, 1.165) is 5.57 Å². The maximum absolute atomic E-state index is 13.0. The lowest BCUT2D eigenvalue weighted by Crippen LogP contribution is -2.28. The second kappa shape index (κ2) is 7.73. The molecule has 3 rings (SSSR count). The molecule has 1 unspecified atom stereocenters. The summed E-state index contributed by atoms with van der Waals surface area (Å²) in [4.78, 5) is 25.8. The Kier molecular flexibility index (Phi) is 5.39. The summed E-state index contributed by atoms with van der Waals surface area (Å²) < 4.78 is 5.33. The minimum absolute atomic E-state index is 0.132. The van der Waals surface area contributed by atoms with Gasteiger partial charge in [0.2, 0.25) is 0 Å². The fourth-order valence-electron chi connectivity index (χ4n) is 3.05. The Balaban J connectivity index is 1.84. The van der Waals surface area contributed by atoms with E-state index in [1.54, 1.807) is 36.4 Å². The number of hydrogen-bond acceptors (Lipinski definition) is 6. The number of aliphatic hydroxyl groups excluding tert-OH is 1. The van der Waals surface area contributed by atoms with Gasteiger partial charge in [-0.1, -0.05) is 36.4 Å². The number of carbonyl (C=O) groups excluding carboxylic acids is 2. The number of ether oxygens (including phenoxy) is 1. The normalized spacial score (nSPS) is 13.7. The number of hydrogen-bond donors (Lipinski definition) is 3. The van der Waals surface area contributed by atoms with Crippen LogP contribution in [-0.4, -0.2) is 42.5 Å². The molecule has 0 saturated heterocycles. The summed E-state index contributed by atoms with van der Waals surface area (Å²) in [5.74, 6) is -0.533. The first kappa shape index (κ1) is 18.8. The van der Waals surface area contributed by atoms with Crippen LogP contribution in [0.2, 0.25) is 0 Å². The zero-order valence-corrected chi connectivity index (χ0v) is 15.1. The van der Waals surface area contributed by atoms with E-state index in [0.29, 0.717) is 23.4 Å². The molecule has 0 amide bonds. The van der Waals surface area contributed by atoms with Gasteiger partial charge in [0, 0.05) is 29.0 Å². The third-order valence-corrected chi connectivity index (χ3v) is 4.29. The highest BCUT2D eigenvalue weighted by molar-refractivity contribution is 6.31. The number of nitrogens with two attached hydrogens (primary N) is 1. The van der Waals surface area contributed by atoms with E-state index >= 15 is 0 Å². The van der Waals surface area contributed by atoms with Crippen LogP contribution >= 0.6 is 0 Å². The van der Waals surface area contributed by atoms with Crippen LogP contribution in [0.5, 0.6) is 0 Å². The third-order valence-electron chi connectivity index (χ3n) is 4.29. The van der Waals surface area contributed by atoms with Gasteiger partial charge in [-0.25, -0.2) is 0 Å². The predicted molar refractivity (Wildman–Crippen MR) is 104 cm³/mol. The van der Waals surface area contributed by atoms with E-state index in [2.05, 4.69) is 11.9 Å². The molecule has 1 aliphatic carbocycles. The molecule has 4 N–H and O–H groups in total. The Bertz CT molecular complexity index is 920. The summed E-state index contributed by atoms with van der Waals surface area (Å²) in [7, 11) is 0. The fraction of sp³-hybridized carbons (Fsp3) is 0.238. The molecule has 0 heterocycles. The molecule has 1 atom stereocenters. The highest BCUT2D eigenvalue weighted by atomic mass is 16.5. The van der Waals surface area contributed by atoms with E-state index in [1.165, 1.54) is 0 Å². The Morgan fingerprint density at radius 3 is 2.41 bits per heavy atom. The van der Waals surface area contributed by atoms with Gasteiger partial charge in [0.1, 0.15) is 0 Å². The van der Waals surface area contributed by atoms with Crippen LogP contribution in [0.15, 0.2) is 48.6 Å². The lowest BCUT2D eigenvalue weighted by atomic mass is 9.82. The van der Waals surface area contributed by atoms with Crippen molar-refractivity contribution in [3.8, 4) is 0 Å². The molecule has 0 saturated carbocycles. The molecule has 0 spiro atoms. The SMILES string of the molecule is C=C(C)COCC(O)CNc1ccc(N)c2c1C(=O)c1ccccc1C2=O. The van der Waals surface area contributed by atoms with E-state index < -0.39 is 6.10 Å². The lowest BCUT2D eigenvalue weighted by molar-refractivity contribution is 0.0539. The number of rotatable bonds is 7. The average molecular weight is 366 g/mol. The molecular weight excluding hydrogens is 344 g/mol. The molecule has 6 heteroatoms. The van der Waals surface area contributed by atoms with Crippen molar-refractivity contribution in [2.75, 3.05) is 30.8 Å². The predicted octanol–water partition coefficient (Wildman–Crippen LogP) is 2.41. The third kappa shape index (κ3) is 3.77. The number of ketones is 2. The first-order valence-corrected chi connectivity index (χ1v) is 8.65. The van der Waals surface area contributed by atoms with E-state index in [4.69, 9.17) is 10.5 Å². The quantitative estimate of drug-likeness (QED) is 0.438. The average Bonchev–Trinajstić information content (AvgIpc) is 2.64. The van der Waals surface area contributed by atoms with Gasteiger partial charge >= 0.3 is 0 Å². The Hall–Kier alpha value is -2.96. The molecule has 0 radical (unpaired) electrons. The van der Waals surface area contributed by atoms with Crippen LogP contribution in [0.25, 0.3) is 0 Å². The zero-order chi connectivity index (χ0) is 19.6. The van der Waals surface area contributed by atoms with Gasteiger partial charge in [0.25, 0.3) is 0 Å². The van der Waals surface area contributed by atoms with Crippen LogP contribution in [0.1, 0.15) is 38.8 Å². The number of benzene rings is 2. The largest absolute Gasteiger partial charge is 0.398 e. The first-order valence-electron chi connectivity index (χ1n) is 8.65. The molecule has 140 valence electrons. The summed E-state index contributed by atoms with van der Waals surface area (Å²) >= 11 is 0. The van der Waals surface area contributed by atoms with Crippen molar-refractivity contribution in [3.05, 3.63) is 70.8 Å². The monoisotopic (exact) mass is 366 g/mol. The number of fused-ring (bicyclic) bond motifs is 2. The Morgan fingerprint density at radius 2 is 1.78 bits per heavy atom. The highest BCUT2D eigenvalue weighted by Crippen LogP contribution is 2.35. The summed E-state index contributed by atoms with van der Waals surface area (Å²) in [6.45, 7) is 6.24. The molecule has 27 heavy (non-hydrogen) atoms. The van der Waals surface area contributed by atoms with Crippen molar-refractivity contribution in [1.82, 2.24) is 0 Å². The van der Waals surface area contributed by atoms with Crippen molar-refractivity contribution in [3.63, 3.8) is 0 Å². The number of nitrogen functional groups attached to an aromatic ring is 1. The standard InChI is InChI=1S/C21H22N2O4/c1-12(2)10-27-11-13(24)9-23-17-8-7-16(22)18-19(17)21(26)15-6-4-3-5-14(15)20(18)25/h3-8,13,23-24H,1,9-11,22H2,2H3. The molecule has 0 aliphatic heterocycles. The van der Waals surface area contributed by atoms with Crippen LogP contribution < -0.4 is 11.1 Å². The Labute approximate surface area is 157 Å². The molecule has 1 aliphatic rings. The van der Waals surface area contributed by atoms with Crippen molar-refractivity contribution < 1.29 is 19.4 Å². The summed E-state index contributed by atoms with van der Waals surface area (Å²) in [6.07, 6.45) is -0.778. The first-order chi connectivity index (χ1) is 12.9. The van der Waals surface area contributed by atoms with E-state index in [1.807, 2.05) is 6.92 Å². The second-order valence-corrected chi connectivity index (χ2v) is 6.66. The maximum Gasteiger partial charge on any atom is 0.196 e. The van der Waals surface area contributed by atoms with Gasteiger partial charge in [0.05, 0.1) is 30.4 Å².